The van der Waals surface area contributed by atoms with E-state index in [0.717, 1.165) is 42.9 Å². The molecule has 7 atom stereocenters. The fraction of sp³-hybridized carbons (Fsp3) is 0.542. The second kappa shape index (κ2) is 28.6. The molecular formula is C48H67N11O11S2. The highest BCUT2D eigenvalue weighted by molar-refractivity contribution is 8.76. The van der Waals surface area contributed by atoms with Crippen LogP contribution in [0.2, 0.25) is 0 Å². The van der Waals surface area contributed by atoms with E-state index in [1.807, 2.05) is 0 Å². The van der Waals surface area contributed by atoms with Gasteiger partial charge in [0, 0.05) is 37.3 Å². The Balaban J connectivity index is 1.47. The number of hydrogen-bond donors (Lipinski definition) is 11. The number of amides is 10. The summed E-state index contributed by atoms with van der Waals surface area (Å²) in [4.78, 5) is 138. The normalized spacial score (nSPS) is 23.7. The Bertz CT molecular complexity index is 2240. The van der Waals surface area contributed by atoms with Crippen molar-refractivity contribution in [3.63, 3.8) is 0 Å². The molecule has 0 unspecified atom stereocenters. The molecule has 24 heteroatoms. The van der Waals surface area contributed by atoms with Crippen LogP contribution in [-0.2, 0) is 60.8 Å². The third-order valence-corrected chi connectivity index (χ3v) is 15.0. The fourth-order valence-corrected chi connectivity index (χ4v) is 11.0. The third-order valence-electron chi connectivity index (χ3n) is 12.6. The summed E-state index contributed by atoms with van der Waals surface area (Å²) in [7, 11) is 2.30. The first-order valence-corrected chi connectivity index (χ1v) is 26.7. The average Bonchev–Trinajstić information content (AvgIpc) is 3.85. The van der Waals surface area contributed by atoms with Crippen molar-refractivity contribution in [2.45, 2.75) is 126 Å². The van der Waals surface area contributed by atoms with E-state index < -0.39 is 114 Å². The van der Waals surface area contributed by atoms with E-state index in [1.165, 1.54) is 27.8 Å². The number of carbonyl (C=O) groups is 10. The standard InChI is InChI=1S/C48H67N11O11S2/c49-19-17-32(42(64)52-26-40(51)62)54-47(69)38-12-7-20-59(38)48(70)37-27-72-71-21-18-41(63)53-33(24-30-13-15-31(60)16-14-30)43(65)55-34(22-28-8-3-1-4-9-28)44(66)56-35(23-29-10-5-2-6-11-29)45(67)57-36(25-39(50)61)46(68)58-37/h1,3-4,8-9,13-16,29,32-38,60H,2,5-7,10-12,17-27,49H2,(H2,50,61)(H2,51,62)(H,52,64)(H,53,63)(H,54,69)(H,55,65)(H,56,66)(H,57,67)(H,58,68)/t32-,33-,34-,35-,36-,37+,38+/m0/s1. The van der Waals surface area contributed by atoms with Crippen LogP contribution < -0.4 is 54.4 Å². The molecule has 0 radical (unpaired) electrons. The van der Waals surface area contributed by atoms with Gasteiger partial charge in [0.15, 0.2) is 0 Å². The molecule has 3 aliphatic rings. The van der Waals surface area contributed by atoms with Crippen molar-refractivity contribution in [3.8, 4) is 5.75 Å². The van der Waals surface area contributed by atoms with Crippen molar-refractivity contribution < 1.29 is 53.1 Å². The van der Waals surface area contributed by atoms with E-state index in [2.05, 4.69) is 37.2 Å². The summed E-state index contributed by atoms with van der Waals surface area (Å²) in [5.41, 5.74) is 17.8. The van der Waals surface area contributed by atoms with Gasteiger partial charge in [0.2, 0.25) is 59.1 Å². The SMILES string of the molecule is NCC[C@H](NC(=O)[C@H]1CCCN1C(=O)[C@H]1CSSCCC(=O)N[C@@H](Cc2ccc(O)cc2)C(=O)N[C@@H](Cc2ccccc2)C(=O)N[C@@H](CC2CCCCC2)C(=O)N[C@@H](CC(N)=O)C(=O)N1)C(=O)NCC(N)=O. The lowest BCUT2D eigenvalue weighted by Crippen LogP contribution is -2.61. The maximum absolute atomic E-state index is 14.5. The van der Waals surface area contributed by atoms with E-state index >= 15 is 0 Å². The van der Waals surface area contributed by atoms with E-state index in [4.69, 9.17) is 17.2 Å². The predicted molar refractivity (Wildman–Crippen MR) is 269 cm³/mol. The van der Waals surface area contributed by atoms with Crippen LogP contribution in [-0.4, -0.2) is 143 Å². The summed E-state index contributed by atoms with van der Waals surface area (Å²) < 4.78 is 0. The topological polar surface area (TPSA) is 356 Å². The number of rotatable bonds is 16. The molecule has 14 N–H and O–H groups in total. The Morgan fingerprint density at radius 1 is 0.708 bits per heavy atom. The molecule has 1 saturated carbocycles. The van der Waals surface area contributed by atoms with E-state index in [0.29, 0.717) is 17.5 Å². The Morgan fingerprint density at radius 3 is 1.97 bits per heavy atom. The van der Waals surface area contributed by atoms with Crippen LogP contribution in [0.15, 0.2) is 54.6 Å². The number of benzene rings is 2. The van der Waals surface area contributed by atoms with Gasteiger partial charge in [-0.25, -0.2) is 0 Å². The number of nitrogens with one attached hydrogen (secondary N) is 7. The Hall–Kier alpha value is -6.40. The van der Waals surface area contributed by atoms with Crippen molar-refractivity contribution in [1.29, 1.82) is 0 Å². The molecule has 22 nitrogen and oxygen atoms in total. The lowest BCUT2D eigenvalue weighted by molar-refractivity contribution is -0.142. The molecule has 10 amide bonds. The fourth-order valence-electron chi connectivity index (χ4n) is 8.88. The van der Waals surface area contributed by atoms with Gasteiger partial charge >= 0.3 is 0 Å². The summed E-state index contributed by atoms with van der Waals surface area (Å²) >= 11 is 0. The molecule has 2 aromatic carbocycles. The zero-order valence-corrected chi connectivity index (χ0v) is 41.7. The molecule has 0 spiro atoms. The Labute approximate surface area is 425 Å². The largest absolute Gasteiger partial charge is 0.508 e. The molecule has 1 aliphatic carbocycles. The quantitative estimate of drug-likeness (QED) is 0.0868. The summed E-state index contributed by atoms with van der Waals surface area (Å²) in [5, 5.41) is 28.6. The van der Waals surface area contributed by atoms with Gasteiger partial charge in [-0.15, -0.1) is 0 Å². The lowest BCUT2D eigenvalue weighted by atomic mass is 9.84. The number of likely N-dealkylation sites (tertiary alicyclic amines) is 1. The van der Waals surface area contributed by atoms with Gasteiger partial charge in [0.05, 0.1) is 13.0 Å². The van der Waals surface area contributed by atoms with Gasteiger partial charge in [-0.05, 0) is 61.4 Å². The van der Waals surface area contributed by atoms with Crippen LogP contribution >= 0.6 is 21.6 Å². The molecule has 2 aromatic rings. The van der Waals surface area contributed by atoms with Crippen LogP contribution in [0, 0.1) is 5.92 Å². The van der Waals surface area contributed by atoms with Crippen LogP contribution in [0.25, 0.3) is 0 Å². The minimum atomic E-state index is -1.63. The van der Waals surface area contributed by atoms with Gasteiger partial charge in [-0.1, -0.05) is 96.2 Å². The van der Waals surface area contributed by atoms with Gasteiger partial charge in [-0.3, -0.25) is 47.9 Å². The van der Waals surface area contributed by atoms with Gasteiger partial charge in [0.25, 0.3) is 0 Å². The van der Waals surface area contributed by atoms with Crippen LogP contribution in [0.3, 0.4) is 0 Å². The Kier molecular flexibility index (Phi) is 22.4. The zero-order chi connectivity index (χ0) is 52.2. The van der Waals surface area contributed by atoms with Crippen molar-refractivity contribution in [2.75, 3.05) is 31.1 Å². The van der Waals surface area contributed by atoms with Crippen LogP contribution in [0.1, 0.15) is 81.8 Å². The molecule has 2 heterocycles. The smallest absolute Gasteiger partial charge is 0.246 e. The number of aromatic hydroxyl groups is 1. The zero-order valence-electron chi connectivity index (χ0n) is 40.1. The molecule has 3 fully saturated rings. The predicted octanol–water partition coefficient (Wildman–Crippen LogP) is -1.34. The summed E-state index contributed by atoms with van der Waals surface area (Å²) in [5.74, 6) is -7.52. The number of nitrogens with two attached hydrogens (primary N) is 3. The highest BCUT2D eigenvalue weighted by Crippen LogP contribution is 2.28. The van der Waals surface area contributed by atoms with Crippen molar-refractivity contribution in [1.82, 2.24) is 42.1 Å². The number of primary amides is 2. The van der Waals surface area contributed by atoms with Gasteiger partial charge in [-0.2, -0.15) is 0 Å². The number of hydrogen-bond acceptors (Lipinski definition) is 14. The monoisotopic (exact) mass is 1040 g/mol. The summed E-state index contributed by atoms with van der Waals surface area (Å²) in [6.45, 7) is -0.397. The maximum atomic E-state index is 14.5. The molecule has 2 saturated heterocycles. The Morgan fingerprint density at radius 2 is 1.32 bits per heavy atom. The minimum Gasteiger partial charge on any atom is -0.508 e. The van der Waals surface area contributed by atoms with E-state index in [9.17, 15) is 53.1 Å². The minimum absolute atomic E-state index is 0.000271. The first kappa shape index (κ1) is 56.5. The van der Waals surface area contributed by atoms with Crippen molar-refractivity contribution in [3.05, 3.63) is 65.7 Å². The number of carbonyl (C=O) groups excluding carboxylic acids is 10. The molecule has 0 bridgehead atoms. The molecule has 0 aromatic heterocycles. The van der Waals surface area contributed by atoms with Crippen LogP contribution in [0.5, 0.6) is 5.75 Å². The number of nitrogens with zero attached hydrogens (tertiary/aromatic N) is 1. The highest BCUT2D eigenvalue weighted by atomic mass is 33.1. The average molecular weight is 1040 g/mol. The first-order valence-electron chi connectivity index (χ1n) is 24.2. The van der Waals surface area contributed by atoms with Gasteiger partial charge in [0.1, 0.15) is 48.0 Å². The van der Waals surface area contributed by atoms with Crippen molar-refractivity contribution in [2.24, 2.45) is 23.1 Å². The van der Waals surface area contributed by atoms with Gasteiger partial charge < -0.3 is 64.4 Å². The molecule has 2 aliphatic heterocycles. The molecular weight excluding hydrogens is 971 g/mol. The number of phenolic OH excluding ortho intramolecular Hbond substituents is 1. The second-order valence-electron chi connectivity index (χ2n) is 18.2. The first-order chi connectivity index (χ1) is 34.5. The molecule has 5 rings (SSSR count). The highest BCUT2D eigenvalue weighted by Gasteiger charge is 2.40. The summed E-state index contributed by atoms with van der Waals surface area (Å²) in [6, 6.07) is 5.99. The summed E-state index contributed by atoms with van der Waals surface area (Å²) in [6.07, 6.45) is 4.23. The molecule has 72 heavy (non-hydrogen) atoms. The lowest BCUT2D eigenvalue weighted by Gasteiger charge is -2.31. The molecule has 392 valence electrons. The second-order valence-corrected chi connectivity index (χ2v) is 20.8. The van der Waals surface area contributed by atoms with E-state index in [1.54, 1.807) is 42.5 Å². The number of phenols is 1. The van der Waals surface area contributed by atoms with Crippen LogP contribution in [0.4, 0.5) is 0 Å². The van der Waals surface area contributed by atoms with Crippen molar-refractivity contribution >= 4 is 80.7 Å². The third kappa shape index (κ3) is 18.0. The van der Waals surface area contributed by atoms with E-state index in [-0.39, 0.29) is 74.8 Å². The maximum Gasteiger partial charge on any atom is 0.246 e.